The highest BCUT2D eigenvalue weighted by Gasteiger charge is 2.17. The fourth-order valence-electron chi connectivity index (χ4n) is 2.56. The van der Waals surface area contributed by atoms with Crippen LogP contribution >= 0.6 is 0 Å². The largest absolute Gasteiger partial charge is 0.493 e. The van der Waals surface area contributed by atoms with Crippen LogP contribution in [-0.4, -0.2) is 53.0 Å². The zero-order valence-electron chi connectivity index (χ0n) is 16.8. The molecule has 156 valence electrons. The van der Waals surface area contributed by atoms with Gasteiger partial charge in [-0.2, -0.15) is 4.31 Å². The molecule has 0 bridgehead atoms. The molecular formula is C21H26N2O5S. The summed E-state index contributed by atoms with van der Waals surface area (Å²) in [5, 5.41) is 3.83. The minimum absolute atomic E-state index is 0.257. The summed E-state index contributed by atoms with van der Waals surface area (Å²) in [7, 11) is 0.816. The monoisotopic (exact) mass is 418 g/mol. The van der Waals surface area contributed by atoms with E-state index in [2.05, 4.69) is 5.32 Å². The van der Waals surface area contributed by atoms with Crippen molar-refractivity contribution in [3.63, 3.8) is 0 Å². The van der Waals surface area contributed by atoms with Crippen molar-refractivity contribution < 1.29 is 22.7 Å². The lowest BCUT2D eigenvalue weighted by Crippen LogP contribution is -2.38. The van der Waals surface area contributed by atoms with Gasteiger partial charge in [0.05, 0.1) is 20.8 Å². The second kappa shape index (κ2) is 10.6. The number of methoxy groups -OCH3 is 2. The first kappa shape index (κ1) is 22.4. The van der Waals surface area contributed by atoms with Gasteiger partial charge in [0.15, 0.2) is 11.5 Å². The number of carbonyl (C=O) groups is 1. The summed E-state index contributed by atoms with van der Waals surface area (Å²) in [5.74, 6) is 0.882. The van der Waals surface area contributed by atoms with Gasteiger partial charge in [0.25, 0.3) is 0 Å². The highest BCUT2D eigenvalue weighted by molar-refractivity contribution is 7.92. The highest BCUT2D eigenvalue weighted by atomic mass is 32.2. The Bertz CT molecular complexity index is 943. The summed E-state index contributed by atoms with van der Waals surface area (Å²) in [6, 6.07) is 14.6. The lowest BCUT2D eigenvalue weighted by Gasteiger charge is -2.14. The molecule has 2 aromatic carbocycles. The Morgan fingerprint density at radius 1 is 1.07 bits per heavy atom. The van der Waals surface area contributed by atoms with Gasteiger partial charge in [0.1, 0.15) is 0 Å². The summed E-state index contributed by atoms with van der Waals surface area (Å²) in [5.41, 5.74) is 1.73. The Morgan fingerprint density at radius 2 is 1.76 bits per heavy atom. The fourth-order valence-corrected chi connectivity index (χ4v) is 3.40. The first-order chi connectivity index (χ1) is 13.9. The molecule has 0 unspecified atom stereocenters. The number of sulfonamides is 1. The Labute approximate surface area is 172 Å². The van der Waals surface area contributed by atoms with Crippen LogP contribution in [-0.2, 0) is 21.2 Å². The van der Waals surface area contributed by atoms with Gasteiger partial charge in [-0.25, -0.2) is 8.42 Å². The van der Waals surface area contributed by atoms with E-state index >= 15 is 0 Å². The van der Waals surface area contributed by atoms with Crippen LogP contribution in [0.5, 0.6) is 11.5 Å². The van der Waals surface area contributed by atoms with Gasteiger partial charge in [-0.3, -0.25) is 4.79 Å². The summed E-state index contributed by atoms with van der Waals surface area (Å²) in [6.45, 7) is 0.120. The van der Waals surface area contributed by atoms with Crippen molar-refractivity contribution in [1.82, 2.24) is 9.62 Å². The number of hydrogen-bond donors (Lipinski definition) is 1. The average Bonchev–Trinajstić information content (AvgIpc) is 2.72. The molecule has 0 atom stereocenters. The van der Waals surface area contributed by atoms with Crippen LogP contribution in [0.15, 0.2) is 53.9 Å². The Morgan fingerprint density at radius 3 is 2.41 bits per heavy atom. The van der Waals surface area contributed by atoms with E-state index in [-0.39, 0.29) is 12.5 Å². The third-order valence-corrected chi connectivity index (χ3v) is 5.69. The minimum Gasteiger partial charge on any atom is -0.493 e. The van der Waals surface area contributed by atoms with Gasteiger partial charge in [-0.1, -0.05) is 36.4 Å². The molecule has 0 fully saturated rings. The second-order valence-electron chi connectivity index (χ2n) is 6.30. The molecule has 8 heteroatoms. The third kappa shape index (κ3) is 6.92. The van der Waals surface area contributed by atoms with E-state index in [4.69, 9.17) is 9.47 Å². The van der Waals surface area contributed by atoms with Gasteiger partial charge >= 0.3 is 0 Å². The second-order valence-corrected chi connectivity index (χ2v) is 8.23. The van der Waals surface area contributed by atoms with Gasteiger partial charge in [-0.15, -0.1) is 0 Å². The Balaban J connectivity index is 1.84. The summed E-state index contributed by atoms with van der Waals surface area (Å²) < 4.78 is 36.1. The van der Waals surface area contributed by atoms with Crippen molar-refractivity contribution in [2.45, 2.75) is 6.42 Å². The van der Waals surface area contributed by atoms with Crippen LogP contribution in [0.4, 0.5) is 0 Å². The first-order valence-corrected chi connectivity index (χ1v) is 10.5. The molecule has 7 nitrogen and oxygen atoms in total. The molecule has 29 heavy (non-hydrogen) atoms. The molecule has 0 saturated heterocycles. The van der Waals surface area contributed by atoms with Crippen LogP contribution < -0.4 is 14.8 Å². The van der Waals surface area contributed by atoms with Crippen molar-refractivity contribution in [3.8, 4) is 11.5 Å². The van der Waals surface area contributed by atoms with Gasteiger partial charge in [0.2, 0.25) is 15.9 Å². The van der Waals surface area contributed by atoms with E-state index < -0.39 is 10.0 Å². The van der Waals surface area contributed by atoms with Crippen molar-refractivity contribution >= 4 is 22.0 Å². The van der Waals surface area contributed by atoms with Crippen molar-refractivity contribution in [3.05, 3.63) is 65.1 Å². The molecule has 1 N–H and O–H groups in total. The number of benzene rings is 2. The lowest BCUT2D eigenvalue weighted by atomic mass is 10.1. The molecule has 0 spiro atoms. The van der Waals surface area contributed by atoms with Crippen LogP contribution in [0.2, 0.25) is 0 Å². The number of amides is 1. The van der Waals surface area contributed by atoms with Crippen LogP contribution in [0, 0.1) is 0 Å². The zero-order valence-corrected chi connectivity index (χ0v) is 17.6. The molecule has 1 amide bonds. The number of likely N-dealkylation sites (N-methyl/N-ethyl adjacent to an activating group) is 1. The molecule has 0 heterocycles. The topological polar surface area (TPSA) is 84.9 Å². The Kier molecular flexibility index (Phi) is 8.23. The van der Waals surface area contributed by atoms with Crippen molar-refractivity contribution in [2.75, 3.05) is 34.4 Å². The molecule has 0 aliphatic heterocycles. The minimum atomic E-state index is -3.69. The standard InChI is InChI=1S/C21H26N2O5S/c1-23(29(25,26)14-12-17-7-5-4-6-8-17)16-21(24)22-13-11-18-9-10-19(27-2)20(15-18)28-3/h4-10,12,14-15H,11,13,16H2,1-3H3,(H,22,24)/b14-12+. The third-order valence-electron chi connectivity index (χ3n) is 4.22. The van der Waals surface area contributed by atoms with E-state index in [9.17, 15) is 13.2 Å². The maximum atomic E-state index is 12.3. The predicted octanol–water partition coefficient (Wildman–Crippen LogP) is 2.29. The van der Waals surface area contributed by atoms with E-state index in [1.54, 1.807) is 32.4 Å². The fraction of sp³-hybridized carbons (Fsp3) is 0.286. The smallest absolute Gasteiger partial charge is 0.236 e. The van der Waals surface area contributed by atoms with Crippen molar-refractivity contribution in [1.29, 1.82) is 0 Å². The van der Waals surface area contributed by atoms with E-state index in [1.165, 1.54) is 13.1 Å². The van der Waals surface area contributed by atoms with Crippen molar-refractivity contribution in [2.24, 2.45) is 0 Å². The molecule has 0 aliphatic carbocycles. The predicted molar refractivity (Wildman–Crippen MR) is 113 cm³/mol. The number of nitrogens with zero attached hydrogens (tertiary/aromatic N) is 1. The van der Waals surface area contributed by atoms with Crippen LogP contribution in [0.25, 0.3) is 6.08 Å². The molecular weight excluding hydrogens is 392 g/mol. The molecule has 0 radical (unpaired) electrons. The van der Waals surface area contributed by atoms with Gasteiger partial charge < -0.3 is 14.8 Å². The molecule has 2 aromatic rings. The van der Waals surface area contributed by atoms with E-state index in [1.807, 2.05) is 30.3 Å². The molecule has 0 aliphatic rings. The number of hydrogen-bond acceptors (Lipinski definition) is 5. The number of nitrogens with one attached hydrogen (secondary N) is 1. The first-order valence-electron chi connectivity index (χ1n) is 9.03. The summed E-state index contributed by atoms with van der Waals surface area (Å²) in [4.78, 5) is 12.1. The highest BCUT2D eigenvalue weighted by Crippen LogP contribution is 2.27. The SMILES string of the molecule is COc1ccc(CCNC(=O)CN(C)S(=O)(=O)/C=C/c2ccccc2)cc1OC. The lowest BCUT2D eigenvalue weighted by molar-refractivity contribution is -0.121. The van der Waals surface area contributed by atoms with Crippen LogP contribution in [0.3, 0.4) is 0 Å². The van der Waals surface area contributed by atoms with E-state index in [0.717, 1.165) is 20.8 Å². The van der Waals surface area contributed by atoms with Crippen LogP contribution in [0.1, 0.15) is 11.1 Å². The molecule has 0 aromatic heterocycles. The summed E-state index contributed by atoms with van der Waals surface area (Å²) >= 11 is 0. The molecule has 0 saturated carbocycles. The quantitative estimate of drug-likeness (QED) is 0.640. The number of ether oxygens (including phenoxy) is 2. The number of carbonyl (C=O) groups excluding carboxylic acids is 1. The molecule has 2 rings (SSSR count). The van der Waals surface area contributed by atoms with Gasteiger partial charge in [-0.05, 0) is 35.8 Å². The normalized spacial score (nSPS) is 11.6. The maximum Gasteiger partial charge on any atom is 0.236 e. The van der Waals surface area contributed by atoms with E-state index in [0.29, 0.717) is 24.5 Å². The Hall–Kier alpha value is -2.84. The summed E-state index contributed by atoms with van der Waals surface area (Å²) in [6.07, 6.45) is 2.08. The maximum absolute atomic E-state index is 12.3. The average molecular weight is 419 g/mol. The van der Waals surface area contributed by atoms with Gasteiger partial charge in [0, 0.05) is 19.0 Å². The zero-order chi connectivity index (χ0) is 21.3. The number of rotatable bonds is 10.